The first-order valence-corrected chi connectivity index (χ1v) is 8.13. The van der Waals surface area contributed by atoms with Gasteiger partial charge in [0.2, 0.25) is 0 Å². The molecule has 2 atom stereocenters. The highest BCUT2D eigenvalue weighted by Crippen LogP contribution is 2.38. The van der Waals surface area contributed by atoms with Crippen molar-refractivity contribution >= 4 is 23.5 Å². The van der Waals surface area contributed by atoms with Crippen LogP contribution in [-0.4, -0.2) is 30.3 Å². The summed E-state index contributed by atoms with van der Waals surface area (Å²) < 4.78 is 0. The predicted molar refractivity (Wildman–Crippen MR) is 75.8 cm³/mol. The molecule has 1 aliphatic heterocycles. The second-order valence-electron chi connectivity index (χ2n) is 4.31. The molecule has 0 radical (unpaired) electrons. The summed E-state index contributed by atoms with van der Waals surface area (Å²) in [6, 6.07) is 9.43. The molecule has 2 rings (SSSR count). The van der Waals surface area contributed by atoms with Crippen LogP contribution in [0.2, 0.25) is 0 Å². The molecule has 1 aromatic rings. The minimum atomic E-state index is 0.618. The first-order valence-electron chi connectivity index (χ1n) is 5.75. The Labute approximate surface area is 107 Å². The highest BCUT2D eigenvalue weighted by molar-refractivity contribution is 7.99. The molecule has 1 heterocycles. The van der Waals surface area contributed by atoms with Gasteiger partial charge < -0.3 is 5.32 Å². The van der Waals surface area contributed by atoms with Crippen LogP contribution in [0.4, 0.5) is 0 Å². The third-order valence-electron chi connectivity index (χ3n) is 2.93. The average molecular weight is 253 g/mol. The van der Waals surface area contributed by atoms with E-state index in [4.69, 9.17) is 0 Å². The molecule has 1 aliphatic rings. The summed E-state index contributed by atoms with van der Waals surface area (Å²) in [6.45, 7) is 3.39. The number of nitrogens with one attached hydrogen (secondary N) is 1. The third kappa shape index (κ3) is 2.96. The first-order chi connectivity index (χ1) is 7.81. The zero-order chi connectivity index (χ0) is 11.4. The molecule has 0 aliphatic carbocycles. The maximum atomic E-state index is 3.63. The third-order valence-corrected chi connectivity index (χ3v) is 5.01. The lowest BCUT2D eigenvalue weighted by molar-refractivity contribution is 0.557. The summed E-state index contributed by atoms with van der Waals surface area (Å²) in [4.78, 5) is 1.48. The Hall–Kier alpha value is -0.120. The molecular weight excluding hydrogens is 234 g/mol. The molecule has 0 amide bonds. The number of hydrogen-bond acceptors (Lipinski definition) is 3. The van der Waals surface area contributed by atoms with Crippen LogP contribution in [0.15, 0.2) is 29.2 Å². The molecule has 0 bridgehead atoms. The Morgan fingerprint density at radius 3 is 3.12 bits per heavy atom. The van der Waals surface area contributed by atoms with Gasteiger partial charge >= 0.3 is 0 Å². The van der Waals surface area contributed by atoms with Gasteiger partial charge in [0, 0.05) is 34.9 Å². The van der Waals surface area contributed by atoms with Crippen molar-refractivity contribution in [1.29, 1.82) is 0 Å². The molecule has 1 nitrogen and oxygen atoms in total. The smallest absolute Gasteiger partial charge is 0.0130 e. The van der Waals surface area contributed by atoms with Crippen molar-refractivity contribution < 1.29 is 0 Å². The molecule has 1 aromatic carbocycles. The summed E-state index contributed by atoms with van der Waals surface area (Å²) in [6.07, 6.45) is 2.17. The van der Waals surface area contributed by atoms with E-state index in [1.54, 1.807) is 0 Å². The van der Waals surface area contributed by atoms with Crippen LogP contribution in [0.5, 0.6) is 0 Å². The molecule has 3 heteroatoms. The van der Waals surface area contributed by atoms with Gasteiger partial charge in [0.05, 0.1) is 0 Å². The molecule has 0 saturated carbocycles. The minimum Gasteiger partial charge on any atom is -0.313 e. The van der Waals surface area contributed by atoms with Gasteiger partial charge in [-0.1, -0.05) is 18.2 Å². The van der Waals surface area contributed by atoms with E-state index in [1.807, 2.05) is 23.5 Å². The fraction of sp³-hybridized carbons (Fsp3) is 0.538. The van der Waals surface area contributed by atoms with Crippen LogP contribution in [0.25, 0.3) is 0 Å². The lowest BCUT2D eigenvalue weighted by Crippen LogP contribution is -2.32. The molecule has 0 fully saturated rings. The quantitative estimate of drug-likeness (QED) is 0.865. The minimum absolute atomic E-state index is 0.618. The molecule has 2 unspecified atom stereocenters. The summed E-state index contributed by atoms with van der Waals surface area (Å²) in [5, 5.41) is 3.63. The SMILES string of the molecule is CSCC(C)NCC1CSc2ccccc21. The van der Waals surface area contributed by atoms with Crippen molar-refractivity contribution in [2.75, 3.05) is 24.3 Å². The van der Waals surface area contributed by atoms with Crippen molar-refractivity contribution in [3.8, 4) is 0 Å². The Balaban J connectivity index is 1.88. The Bertz CT molecular complexity index is 340. The van der Waals surface area contributed by atoms with Crippen LogP contribution in [0.1, 0.15) is 18.4 Å². The van der Waals surface area contributed by atoms with Gasteiger partial charge in [-0.05, 0) is 24.8 Å². The van der Waals surface area contributed by atoms with E-state index in [9.17, 15) is 0 Å². The second-order valence-corrected chi connectivity index (χ2v) is 6.28. The van der Waals surface area contributed by atoms with Crippen LogP contribution >= 0.6 is 23.5 Å². The number of benzene rings is 1. The largest absolute Gasteiger partial charge is 0.313 e. The van der Waals surface area contributed by atoms with Gasteiger partial charge in [-0.15, -0.1) is 11.8 Å². The highest BCUT2D eigenvalue weighted by Gasteiger charge is 2.22. The van der Waals surface area contributed by atoms with Crippen LogP contribution in [-0.2, 0) is 0 Å². The standard InChI is InChI=1S/C13H19NS2/c1-10(8-15-2)14-7-11-9-16-13-6-4-3-5-12(11)13/h3-6,10-11,14H,7-9H2,1-2H3. The van der Waals surface area contributed by atoms with Gasteiger partial charge in [-0.3, -0.25) is 0 Å². The molecule has 0 saturated heterocycles. The van der Waals surface area contributed by atoms with Crippen LogP contribution < -0.4 is 5.32 Å². The molecular formula is C13H19NS2. The van der Waals surface area contributed by atoms with E-state index in [0.717, 1.165) is 6.54 Å². The fourth-order valence-corrected chi connectivity index (χ4v) is 3.92. The average Bonchev–Trinajstić information content (AvgIpc) is 2.70. The summed E-state index contributed by atoms with van der Waals surface area (Å²) in [7, 11) is 0. The predicted octanol–water partition coefficient (Wildman–Crippen LogP) is 3.22. The second kappa shape index (κ2) is 5.99. The highest BCUT2D eigenvalue weighted by atomic mass is 32.2. The number of rotatable bonds is 5. The summed E-state index contributed by atoms with van der Waals surface area (Å²) in [5.41, 5.74) is 1.54. The first kappa shape index (κ1) is 12.3. The van der Waals surface area contributed by atoms with Gasteiger partial charge in [-0.2, -0.15) is 11.8 Å². The monoisotopic (exact) mass is 253 g/mol. The molecule has 0 aromatic heterocycles. The summed E-state index contributed by atoms with van der Waals surface area (Å²) >= 11 is 3.91. The molecule has 1 N–H and O–H groups in total. The van der Waals surface area contributed by atoms with E-state index in [1.165, 1.54) is 22.0 Å². The number of hydrogen-bond donors (Lipinski definition) is 1. The topological polar surface area (TPSA) is 12.0 Å². The van der Waals surface area contributed by atoms with Gasteiger partial charge in [0.15, 0.2) is 0 Å². The van der Waals surface area contributed by atoms with E-state index in [2.05, 4.69) is 42.8 Å². The van der Waals surface area contributed by atoms with Crippen LogP contribution in [0.3, 0.4) is 0 Å². The molecule has 0 spiro atoms. The Kier molecular flexibility index (Phi) is 4.62. The van der Waals surface area contributed by atoms with E-state index >= 15 is 0 Å². The maximum absolute atomic E-state index is 3.63. The lowest BCUT2D eigenvalue weighted by Gasteiger charge is -2.16. The Morgan fingerprint density at radius 2 is 2.31 bits per heavy atom. The van der Waals surface area contributed by atoms with Gasteiger partial charge in [0.25, 0.3) is 0 Å². The lowest BCUT2D eigenvalue weighted by atomic mass is 10.0. The number of thioether (sulfide) groups is 2. The Morgan fingerprint density at radius 1 is 1.50 bits per heavy atom. The van der Waals surface area contributed by atoms with Crippen molar-refractivity contribution in [2.45, 2.75) is 23.8 Å². The zero-order valence-corrected chi connectivity index (χ0v) is 11.5. The normalized spacial score (nSPS) is 20.8. The van der Waals surface area contributed by atoms with Crippen molar-refractivity contribution in [3.63, 3.8) is 0 Å². The fourth-order valence-electron chi connectivity index (χ4n) is 2.05. The maximum Gasteiger partial charge on any atom is 0.0130 e. The van der Waals surface area contributed by atoms with Gasteiger partial charge in [-0.25, -0.2) is 0 Å². The van der Waals surface area contributed by atoms with Crippen molar-refractivity contribution in [1.82, 2.24) is 5.32 Å². The number of fused-ring (bicyclic) bond motifs is 1. The van der Waals surface area contributed by atoms with E-state index < -0.39 is 0 Å². The van der Waals surface area contributed by atoms with Crippen LogP contribution in [0, 0.1) is 0 Å². The molecule has 88 valence electrons. The van der Waals surface area contributed by atoms with E-state index in [-0.39, 0.29) is 0 Å². The van der Waals surface area contributed by atoms with E-state index in [0.29, 0.717) is 12.0 Å². The molecule has 16 heavy (non-hydrogen) atoms. The zero-order valence-electron chi connectivity index (χ0n) is 9.90. The summed E-state index contributed by atoms with van der Waals surface area (Å²) in [5.74, 6) is 3.13. The van der Waals surface area contributed by atoms with Crippen molar-refractivity contribution in [3.05, 3.63) is 29.8 Å². The van der Waals surface area contributed by atoms with Crippen molar-refractivity contribution in [2.24, 2.45) is 0 Å². The van der Waals surface area contributed by atoms with Gasteiger partial charge in [0.1, 0.15) is 0 Å².